The minimum atomic E-state index is -0.0613. The fraction of sp³-hybridized carbons (Fsp3) is 0.667. The maximum atomic E-state index is 12.0. The Kier molecular flexibility index (Phi) is 4.07. The molecule has 1 fully saturated rings. The first kappa shape index (κ1) is 13.5. The van der Waals surface area contributed by atoms with E-state index >= 15 is 0 Å². The SMILES string of the molecule is CCn1ncc(N2CC(C)NC(C)C2)c(Br)c1=O. The van der Waals surface area contributed by atoms with Crippen LogP contribution in [0.15, 0.2) is 15.5 Å². The Morgan fingerprint density at radius 1 is 1.44 bits per heavy atom. The summed E-state index contributed by atoms with van der Waals surface area (Å²) in [5, 5.41) is 7.67. The number of anilines is 1. The van der Waals surface area contributed by atoms with Crippen molar-refractivity contribution in [2.45, 2.75) is 39.4 Å². The highest BCUT2D eigenvalue weighted by Gasteiger charge is 2.23. The lowest BCUT2D eigenvalue weighted by Crippen LogP contribution is -2.54. The number of rotatable bonds is 2. The van der Waals surface area contributed by atoms with Crippen LogP contribution in [0.3, 0.4) is 0 Å². The highest BCUT2D eigenvalue weighted by Crippen LogP contribution is 2.23. The Morgan fingerprint density at radius 3 is 2.61 bits per heavy atom. The zero-order valence-corrected chi connectivity index (χ0v) is 12.6. The Labute approximate surface area is 115 Å². The van der Waals surface area contributed by atoms with Crippen molar-refractivity contribution < 1.29 is 0 Å². The summed E-state index contributed by atoms with van der Waals surface area (Å²) < 4.78 is 2.07. The molecule has 6 heteroatoms. The fourth-order valence-electron chi connectivity index (χ4n) is 2.43. The predicted molar refractivity (Wildman–Crippen MR) is 76.1 cm³/mol. The molecular weight excluding hydrogens is 296 g/mol. The monoisotopic (exact) mass is 314 g/mol. The van der Waals surface area contributed by atoms with Gasteiger partial charge in [-0.25, -0.2) is 4.68 Å². The smallest absolute Gasteiger partial charge is 0.283 e. The second kappa shape index (κ2) is 5.40. The first-order valence-electron chi connectivity index (χ1n) is 6.29. The van der Waals surface area contributed by atoms with Gasteiger partial charge < -0.3 is 10.2 Å². The maximum Gasteiger partial charge on any atom is 0.283 e. The first-order chi connectivity index (χ1) is 8.52. The van der Waals surface area contributed by atoms with Gasteiger partial charge in [-0.3, -0.25) is 4.79 Å². The molecule has 2 heterocycles. The van der Waals surface area contributed by atoms with E-state index in [1.54, 1.807) is 6.20 Å². The van der Waals surface area contributed by atoms with Crippen LogP contribution in [-0.4, -0.2) is 35.0 Å². The van der Waals surface area contributed by atoms with Gasteiger partial charge in [0.25, 0.3) is 5.56 Å². The van der Waals surface area contributed by atoms with Crippen LogP contribution in [0.4, 0.5) is 5.69 Å². The van der Waals surface area contributed by atoms with Crippen molar-refractivity contribution in [3.8, 4) is 0 Å². The van der Waals surface area contributed by atoms with E-state index in [0.29, 0.717) is 23.1 Å². The molecule has 0 saturated carbocycles. The molecule has 0 aliphatic carbocycles. The van der Waals surface area contributed by atoms with Gasteiger partial charge in [0.1, 0.15) is 4.47 Å². The van der Waals surface area contributed by atoms with Gasteiger partial charge in [-0.15, -0.1) is 0 Å². The summed E-state index contributed by atoms with van der Waals surface area (Å²) in [4.78, 5) is 14.3. The zero-order chi connectivity index (χ0) is 13.3. The quantitative estimate of drug-likeness (QED) is 0.891. The molecule has 2 unspecified atom stereocenters. The molecule has 1 N–H and O–H groups in total. The summed E-state index contributed by atoms with van der Waals surface area (Å²) >= 11 is 3.41. The lowest BCUT2D eigenvalue weighted by atomic mass is 10.1. The molecule has 0 bridgehead atoms. The van der Waals surface area contributed by atoms with Gasteiger partial charge in [-0.1, -0.05) is 0 Å². The summed E-state index contributed by atoms with van der Waals surface area (Å²) in [7, 11) is 0. The van der Waals surface area contributed by atoms with E-state index < -0.39 is 0 Å². The lowest BCUT2D eigenvalue weighted by Gasteiger charge is -2.37. The van der Waals surface area contributed by atoms with Gasteiger partial charge in [0, 0.05) is 31.7 Å². The average Bonchev–Trinajstić information content (AvgIpc) is 2.31. The topological polar surface area (TPSA) is 50.2 Å². The largest absolute Gasteiger partial charge is 0.366 e. The zero-order valence-electron chi connectivity index (χ0n) is 11.0. The fourth-order valence-corrected chi connectivity index (χ4v) is 2.98. The van der Waals surface area contributed by atoms with Crippen molar-refractivity contribution in [1.82, 2.24) is 15.1 Å². The van der Waals surface area contributed by atoms with Crippen LogP contribution in [-0.2, 0) is 6.54 Å². The third-order valence-electron chi connectivity index (χ3n) is 3.16. The van der Waals surface area contributed by atoms with Crippen LogP contribution in [0, 0.1) is 0 Å². The van der Waals surface area contributed by atoms with Gasteiger partial charge in [0.15, 0.2) is 0 Å². The maximum absolute atomic E-state index is 12.0. The van der Waals surface area contributed by atoms with Crippen molar-refractivity contribution in [2.75, 3.05) is 18.0 Å². The van der Waals surface area contributed by atoms with Gasteiger partial charge in [0.05, 0.1) is 11.9 Å². The molecule has 1 saturated heterocycles. The number of hydrogen-bond donors (Lipinski definition) is 1. The van der Waals surface area contributed by atoms with E-state index in [-0.39, 0.29) is 5.56 Å². The number of aryl methyl sites for hydroxylation is 1. The summed E-state index contributed by atoms with van der Waals surface area (Å²) in [5.41, 5.74) is 0.832. The molecule has 18 heavy (non-hydrogen) atoms. The number of hydrogen-bond acceptors (Lipinski definition) is 4. The Bertz CT molecular complexity index is 477. The summed E-state index contributed by atoms with van der Waals surface area (Å²) in [5.74, 6) is 0. The lowest BCUT2D eigenvalue weighted by molar-refractivity contribution is 0.406. The van der Waals surface area contributed by atoms with Crippen molar-refractivity contribution in [2.24, 2.45) is 0 Å². The van der Waals surface area contributed by atoms with Gasteiger partial charge in [-0.05, 0) is 36.7 Å². The second-order valence-electron chi connectivity index (χ2n) is 4.84. The molecule has 2 rings (SSSR count). The number of piperazine rings is 1. The van der Waals surface area contributed by atoms with E-state index in [2.05, 4.69) is 45.1 Å². The minimum absolute atomic E-state index is 0.0613. The second-order valence-corrected chi connectivity index (χ2v) is 5.63. The number of nitrogens with one attached hydrogen (secondary N) is 1. The van der Waals surface area contributed by atoms with E-state index in [4.69, 9.17) is 0 Å². The van der Waals surface area contributed by atoms with Crippen molar-refractivity contribution in [1.29, 1.82) is 0 Å². The summed E-state index contributed by atoms with van der Waals surface area (Å²) in [6.45, 7) is 8.58. The number of aromatic nitrogens is 2. The molecule has 1 aromatic heterocycles. The highest BCUT2D eigenvalue weighted by atomic mass is 79.9. The molecule has 1 aliphatic rings. The molecule has 100 valence electrons. The van der Waals surface area contributed by atoms with Crippen LogP contribution in [0.2, 0.25) is 0 Å². The van der Waals surface area contributed by atoms with Crippen molar-refractivity contribution >= 4 is 21.6 Å². The van der Waals surface area contributed by atoms with Gasteiger partial charge >= 0.3 is 0 Å². The van der Waals surface area contributed by atoms with Crippen LogP contribution in [0.25, 0.3) is 0 Å². The van der Waals surface area contributed by atoms with E-state index in [9.17, 15) is 4.79 Å². The number of halogens is 1. The predicted octanol–water partition coefficient (Wildman–Crippen LogP) is 1.21. The molecule has 0 aromatic carbocycles. The van der Waals surface area contributed by atoms with E-state index in [1.165, 1.54) is 4.68 Å². The molecular formula is C12H19BrN4O. The van der Waals surface area contributed by atoms with Gasteiger partial charge in [-0.2, -0.15) is 5.10 Å². The Balaban J connectivity index is 2.34. The standard InChI is InChI=1S/C12H19BrN4O/c1-4-17-12(18)11(13)10(5-14-17)16-6-8(2)15-9(3)7-16/h5,8-9,15H,4,6-7H2,1-3H3. The third-order valence-corrected chi connectivity index (χ3v) is 3.91. The molecule has 2 atom stereocenters. The molecule has 1 aromatic rings. The molecule has 0 radical (unpaired) electrons. The minimum Gasteiger partial charge on any atom is -0.366 e. The van der Waals surface area contributed by atoms with Crippen LogP contribution >= 0.6 is 15.9 Å². The normalized spacial score (nSPS) is 24.3. The van der Waals surface area contributed by atoms with Crippen molar-refractivity contribution in [3.63, 3.8) is 0 Å². The highest BCUT2D eigenvalue weighted by molar-refractivity contribution is 9.10. The van der Waals surface area contributed by atoms with Crippen LogP contribution in [0.5, 0.6) is 0 Å². The molecule has 1 aliphatic heterocycles. The Morgan fingerprint density at radius 2 is 2.06 bits per heavy atom. The Hall–Kier alpha value is -0.880. The van der Waals surface area contributed by atoms with Crippen LogP contribution in [0.1, 0.15) is 20.8 Å². The van der Waals surface area contributed by atoms with E-state index in [0.717, 1.165) is 18.8 Å². The first-order valence-corrected chi connectivity index (χ1v) is 7.08. The number of nitrogens with zero attached hydrogens (tertiary/aromatic N) is 3. The van der Waals surface area contributed by atoms with Gasteiger partial charge in [0.2, 0.25) is 0 Å². The molecule has 0 amide bonds. The third kappa shape index (κ3) is 2.59. The van der Waals surface area contributed by atoms with Crippen LogP contribution < -0.4 is 15.8 Å². The molecule has 5 nitrogen and oxygen atoms in total. The molecule has 0 spiro atoms. The summed E-state index contributed by atoms with van der Waals surface area (Å²) in [6.07, 6.45) is 1.78. The summed E-state index contributed by atoms with van der Waals surface area (Å²) in [6, 6.07) is 0.823. The van der Waals surface area contributed by atoms with Crippen molar-refractivity contribution in [3.05, 3.63) is 21.0 Å². The average molecular weight is 315 g/mol. The van der Waals surface area contributed by atoms with E-state index in [1.807, 2.05) is 6.92 Å².